The van der Waals surface area contributed by atoms with Crippen LogP contribution < -0.4 is 4.74 Å². The van der Waals surface area contributed by atoms with Gasteiger partial charge in [0, 0.05) is 42.8 Å². The van der Waals surface area contributed by atoms with Gasteiger partial charge in [0.05, 0.1) is 32.0 Å². The average molecular weight is 413 g/mol. The Kier molecular flexibility index (Phi) is 5.31. The molecule has 0 aliphatic carbocycles. The van der Waals surface area contributed by atoms with Gasteiger partial charge >= 0.3 is 0 Å². The zero-order chi connectivity index (χ0) is 17.3. The second-order valence-electron chi connectivity index (χ2n) is 6.96. The summed E-state index contributed by atoms with van der Waals surface area (Å²) >= 11 is 3.52. The summed E-state index contributed by atoms with van der Waals surface area (Å²) in [5.41, 5.74) is 0.398. The van der Waals surface area contributed by atoms with E-state index in [1.807, 2.05) is 18.2 Å². The Morgan fingerprint density at radius 3 is 2.48 bits per heavy atom. The van der Waals surface area contributed by atoms with E-state index in [-0.39, 0.29) is 0 Å². The van der Waals surface area contributed by atoms with Gasteiger partial charge in [-0.15, -0.1) is 0 Å². The van der Waals surface area contributed by atoms with Crippen molar-refractivity contribution in [2.75, 3.05) is 65.8 Å². The van der Waals surface area contributed by atoms with E-state index in [2.05, 4.69) is 25.7 Å². The fourth-order valence-corrected chi connectivity index (χ4v) is 4.47. The predicted molar refractivity (Wildman–Crippen MR) is 97.0 cm³/mol. The summed E-state index contributed by atoms with van der Waals surface area (Å²) < 4.78 is 18.1. The Morgan fingerprint density at radius 1 is 1.08 bits per heavy atom. The van der Waals surface area contributed by atoms with Gasteiger partial charge in [0.25, 0.3) is 0 Å². The van der Waals surface area contributed by atoms with Gasteiger partial charge in [0.15, 0.2) is 0 Å². The number of nitrogens with zero attached hydrogens (tertiary/aromatic N) is 2. The van der Waals surface area contributed by atoms with E-state index in [1.54, 1.807) is 0 Å². The highest BCUT2D eigenvalue weighted by atomic mass is 79.9. The molecule has 3 aliphatic rings. The van der Waals surface area contributed by atoms with Gasteiger partial charge in [0.1, 0.15) is 18.5 Å². The summed E-state index contributed by atoms with van der Waals surface area (Å²) in [6.07, 6.45) is -0.602. The van der Waals surface area contributed by atoms with Crippen LogP contribution in [0.15, 0.2) is 22.7 Å². The molecular formula is C18H25BrN2O4. The molecular weight excluding hydrogens is 388 g/mol. The molecule has 3 aliphatic heterocycles. The van der Waals surface area contributed by atoms with Crippen molar-refractivity contribution in [1.82, 2.24) is 9.80 Å². The molecule has 1 aromatic carbocycles. The molecule has 4 rings (SSSR count). The highest BCUT2D eigenvalue weighted by molar-refractivity contribution is 9.10. The third-order valence-electron chi connectivity index (χ3n) is 5.50. The first kappa shape index (κ1) is 17.7. The predicted octanol–water partition coefficient (Wildman–Crippen LogP) is 1.28. The van der Waals surface area contributed by atoms with Crippen LogP contribution in [0.25, 0.3) is 0 Å². The van der Waals surface area contributed by atoms with E-state index < -0.39 is 11.6 Å². The first-order valence-corrected chi connectivity index (χ1v) is 9.71. The van der Waals surface area contributed by atoms with Crippen molar-refractivity contribution >= 4 is 15.9 Å². The second kappa shape index (κ2) is 7.50. The molecule has 0 spiro atoms. The smallest absolute Gasteiger partial charge is 0.125 e. The molecule has 0 bridgehead atoms. The Morgan fingerprint density at radius 2 is 1.76 bits per heavy atom. The molecule has 1 aromatic rings. The fourth-order valence-electron chi connectivity index (χ4n) is 4.09. The molecule has 6 nitrogen and oxygen atoms in total. The molecule has 2 saturated heterocycles. The van der Waals surface area contributed by atoms with Gasteiger partial charge in [-0.25, -0.2) is 0 Å². The maximum atomic E-state index is 11.4. The van der Waals surface area contributed by atoms with Crippen LogP contribution in [0.3, 0.4) is 0 Å². The van der Waals surface area contributed by atoms with Crippen LogP contribution in [0.2, 0.25) is 0 Å². The molecule has 2 unspecified atom stereocenters. The van der Waals surface area contributed by atoms with Crippen molar-refractivity contribution in [3.63, 3.8) is 0 Å². The van der Waals surface area contributed by atoms with Crippen LogP contribution in [-0.2, 0) is 9.47 Å². The van der Waals surface area contributed by atoms with E-state index in [9.17, 15) is 5.11 Å². The van der Waals surface area contributed by atoms with Crippen LogP contribution in [-0.4, -0.2) is 86.2 Å². The van der Waals surface area contributed by atoms with Crippen LogP contribution >= 0.6 is 15.9 Å². The Labute approximate surface area is 156 Å². The minimum atomic E-state index is -0.602. The number of halogens is 1. The largest absolute Gasteiger partial charge is 0.491 e. The Balaban J connectivity index is 1.67. The van der Waals surface area contributed by atoms with Crippen molar-refractivity contribution in [1.29, 1.82) is 0 Å². The van der Waals surface area contributed by atoms with Crippen molar-refractivity contribution in [3.05, 3.63) is 28.2 Å². The minimum absolute atomic E-state index is 0.463. The van der Waals surface area contributed by atoms with Gasteiger partial charge in [0.2, 0.25) is 0 Å². The van der Waals surface area contributed by atoms with Crippen LogP contribution in [0.4, 0.5) is 0 Å². The highest BCUT2D eigenvalue weighted by Crippen LogP contribution is 2.43. The normalized spacial score (nSPS) is 31.4. The van der Waals surface area contributed by atoms with Crippen molar-refractivity contribution < 1.29 is 19.3 Å². The number of hydrogen-bond donors (Lipinski definition) is 1. The number of fused-ring (bicyclic) bond motifs is 1. The van der Waals surface area contributed by atoms with E-state index in [4.69, 9.17) is 14.2 Å². The standard InChI is InChI=1S/C18H25BrN2O4/c19-14-1-2-16-15(11-14)17(22)18(13-25-16,21-5-9-24-10-6-21)12-20-3-7-23-8-4-20/h1-2,11,17,22H,3-10,12-13H2. The zero-order valence-corrected chi connectivity index (χ0v) is 15.9. The maximum absolute atomic E-state index is 11.4. The van der Waals surface area contributed by atoms with E-state index in [0.717, 1.165) is 61.7 Å². The van der Waals surface area contributed by atoms with Crippen molar-refractivity contribution in [2.24, 2.45) is 0 Å². The van der Waals surface area contributed by atoms with Gasteiger partial charge in [-0.2, -0.15) is 0 Å². The lowest BCUT2D eigenvalue weighted by molar-refractivity contribution is -0.125. The van der Waals surface area contributed by atoms with Crippen molar-refractivity contribution in [2.45, 2.75) is 11.6 Å². The molecule has 2 atom stereocenters. The van der Waals surface area contributed by atoms with Crippen molar-refractivity contribution in [3.8, 4) is 5.75 Å². The molecule has 2 fully saturated rings. The van der Waals surface area contributed by atoms with Gasteiger partial charge in [-0.3, -0.25) is 9.80 Å². The zero-order valence-electron chi connectivity index (χ0n) is 14.3. The average Bonchev–Trinajstić information content (AvgIpc) is 2.66. The molecule has 0 radical (unpaired) electrons. The van der Waals surface area contributed by atoms with E-state index >= 15 is 0 Å². The number of aliphatic hydroxyl groups is 1. The lowest BCUT2D eigenvalue weighted by Gasteiger charge is -2.52. The Hall–Kier alpha value is -0.700. The molecule has 0 aromatic heterocycles. The highest BCUT2D eigenvalue weighted by Gasteiger charge is 2.50. The topological polar surface area (TPSA) is 54.4 Å². The first-order chi connectivity index (χ1) is 12.2. The summed E-state index contributed by atoms with van der Waals surface area (Å²) in [6, 6.07) is 5.86. The lowest BCUT2D eigenvalue weighted by Crippen LogP contribution is -2.66. The van der Waals surface area contributed by atoms with Crippen LogP contribution in [0.1, 0.15) is 11.7 Å². The summed E-state index contributed by atoms with van der Waals surface area (Å²) in [5.74, 6) is 0.779. The maximum Gasteiger partial charge on any atom is 0.125 e. The number of hydrogen-bond acceptors (Lipinski definition) is 6. The number of rotatable bonds is 3. The third kappa shape index (κ3) is 3.46. The molecule has 0 saturated carbocycles. The number of ether oxygens (including phenoxy) is 3. The quantitative estimate of drug-likeness (QED) is 0.806. The minimum Gasteiger partial charge on any atom is -0.491 e. The summed E-state index contributed by atoms with van der Waals surface area (Å²) in [6.45, 7) is 7.56. The van der Waals surface area contributed by atoms with Gasteiger partial charge in [-0.05, 0) is 18.2 Å². The monoisotopic (exact) mass is 412 g/mol. The lowest BCUT2D eigenvalue weighted by atomic mass is 9.83. The summed E-state index contributed by atoms with van der Waals surface area (Å²) in [7, 11) is 0. The molecule has 3 heterocycles. The number of morpholine rings is 2. The Bertz CT molecular complexity index is 605. The number of benzene rings is 1. The third-order valence-corrected chi connectivity index (χ3v) is 5.99. The van der Waals surface area contributed by atoms with Gasteiger partial charge < -0.3 is 19.3 Å². The molecule has 7 heteroatoms. The molecule has 138 valence electrons. The summed E-state index contributed by atoms with van der Waals surface area (Å²) in [4.78, 5) is 4.75. The van der Waals surface area contributed by atoms with E-state index in [0.29, 0.717) is 19.8 Å². The molecule has 0 amide bonds. The van der Waals surface area contributed by atoms with Gasteiger partial charge in [-0.1, -0.05) is 15.9 Å². The summed E-state index contributed by atoms with van der Waals surface area (Å²) in [5, 5.41) is 11.4. The second-order valence-corrected chi connectivity index (χ2v) is 7.88. The molecule has 1 N–H and O–H groups in total. The SMILES string of the molecule is OC1c2cc(Br)ccc2OCC1(CN1CCOCC1)N1CCOCC1. The van der Waals surface area contributed by atoms with Crippen LogP contribution in [0, 0.1) is 0 Å². The fraction of sp³-hybridized carbons (Fsp3) is 0.667. The first-order valence-electron chi connectivity index (χ1n) is 8.92. The van der Waals surface area contributed by atoms with E-state index in [1.165, 1.54) is 0 Å². The number of aliphatic hydroxyl groups excluding tert-OH is 1. The van der Waals surface area contributed by atoms with Crippen LogP contribution in [0.5, 0.6) is 5.75 Å². The molecule has 25 heavy (non-hydrogen) atoms.